The van der Waals surface area contributed by atoms with Gasteiger partial charge in [-0.2, -0.15) is 0 Å². The minimum absolute atomic E-state index is 0.538. The van der Waals surface area contributed by atoms with Gasteiger partial charge < -0.3 is 5.32 Å². The quantitative estimate of drug-likeness (QED) is 0.819. The predicted molar refractivity (Wildman–Crippen MR) is 62.5 cm³/mol. The van der Waals surface area contributed by atoms with Gasteiger partial charge in [0.2, 0.25) is 0 Å². The maximum absolute atomic E-state index is 4.02. The van der Waals surface area contributed by atoms with E-state index in [1.165, 1.54) is 24.8 Å². The van der Waals surface area contributed by atoms with Crippen molar-refractivity contribution in [3.63, 3.8) is 0 Å². The minimum Gasteiger partial charge on any atom is -0.310 e. The van der Waals surface area contributed by atoms with E-state index in [4.69, 9.17) is 0 Å². The summed E-state index contributed by atoms with van der Waals surface area (Å²) >= 11 is 0. The lowest BCUT2D eigenvalue weighted by molar-refractivity contribution is 0.364. The Hall–Kier alpha value is -0.890. The molecule has 2 heteroatoms. The van der Waals surface area contributed by atoms with Crippen molar-refractivity contribution in [2.24, 2.45) is 5.41 Å². The van der Waals surface area contributed by atoms with E-state index < -0.39 is 0 Å². The highest BCUT2D eigenvalue weighted by Gasteiger charge is 2.30. The molecule has 82 valence electrons. The first-order chi connectivity index (χ1) is 7.16. The summed E-state index contributed by atoms with van der Waals surface area (Å²) in [7, 11) is 0. The molecule has 1 aliphatic rings. The number of hydrogen-bond acceptors (Lipinski definition) is 2. The van der Waals surface area contributed by atoms with Gasteiger partial charge in [-0.25, -0.2) is 0 Å². The van der Waals surface area contributed by atoms with Crippen LogP contribution < -0.4 is 5.32 Å². The zero-order chi connectivity index (χ0) is 10.7. The molecule has 0 aromatic carbocycles. The molecule has 1 aromatic rings. The minimum atomic E-state index is 0.538. The van der Waals surface area contributed by atoms with E-state index in [1.807, 2.05) is 12.4 Å². The van der Waals surface area contributed by atoms with Crippen molar-refractivity contribution in [2.45, 2.75) is 45.7 Å². The summed E-state index contributed by atoms with van der Waals surface area (Å²) in [5.74, 6) is 0. The van der Waals surface area contributed by atoms with E-state index in [1.54, 1.807) is 0 Å². The molecule has 15 heavy (non-hydrogen) atoms. The normalized spacial score (nSPS) is 24.3. The zero-order valence-electron chi connectivity index (χ0n) is 9.66. The standard InChI is InChI=1S/C13H20N2/c1-13(2)6-3-12(9-13)15-10-11-4-7-14-8-5-11/h4-5,7-8,12,15H,3,6,9-10H2,1-2H3. The van der Waals surface area contributed by atoms with Crippen LogP contribution in [0.25, 0.3) is 0 Å². The Bertz CT molecular complexity index is 306. The van der Waals surface area contributed by atoms with Gasteiger partial charge in [-0.15, -0.1) is 0 Å². The van der Waals surface area contributed by atoms with Crippen LogP contribution in [0.3, 0.4) is 0 Å². The van der Waals surface area contributed by atoms with E-state index in [2.05, 4.69) is 36.3 Å². The molecule has 2 nitrogen and oxygen atoms in total. The van der Waals surface area contributed by atoms with Gasteiger partial charge >= 0.3 is 0 Å². The second kappa shape index (κ2) is 4.31. The largest absolute Gasteiger partial charge is 0.310 e. The van der Waals surface area contributed by atoms with E-state index in [0.717, 1.165) is 6.54 Å². The highest BCUT2D eigenvalue weighted by atomic mass is 14.9. The van der Waals surface area contributed by atoms with Gasteiger partial charge in [0.15, 0.2) is 0 Å². The molecular formula is C13H20N2. The Morgan fingerprint density at radius 1 is 1.40 bits per heavy atom. The van der Waals surface area contributed by atoms with E-state index in [0.29, 0.717) is 11.5 Å². The van der Waals surface area contributed by atoms with E-state index >= 15 is 0 Å². The Balaban J connectivity index is 1.80. The smallest absolute Gasteiger partial charge is 0.0271 e. The molecule has 1 heterocycles. The van der Waals surface area contributed by atoms with Crippen LogP contribution >= 0.6 is 0 Å². The summed E-state index contributed by atoms with van der Waals surface area (Å²) in [5.41, 5.74) is 1.87. The number of nitrogens with one attached hydrogen (secondary N) is 1. The van der Waals surface area contributed by atoms with Crippen LogP contribution in [0.15, 0.2) is 24.5 Å². The lowest BCUT2D eigenvalue weighted by atomic mass is 9.92. The second-order valence-electron chi connectivity index (χ2n) is 5.34. The SMILES string of the molecule is CC1(C)CCC(NCc2ccncc2)C1. The molecular weight excluding hydrogens is 184 g/mol. The highest BCUT2D eigenvalue weighted by molar-refractivity contribution is 5.09. The summed E-state index contributed by atoms with van der Waals surface area (Å²) in [6, 6.07) is 4.85. The van der Waals surface area contributed by atoms with E-state index in [9.17, 15) is 0 Å². The molecule has 0 radical (unpaired) electrons. The van der Waals surface area contributed by atoms with Crippen molar-refractivity contribution in [1.82, 2.24) is 10.3 Å². The third kappa shape index (κ3) is 3.03. The molecule has 0 saturated heterocycles. The van der Waals surface area contributed by atoms with E-state index in [-0.39, 0.29) is 0 Å². The first-order valence-electron chi connectivity index (χ1n) is 5.78. The summed E-state index contributed by atoms with van der Waals surface area (Å²) < 4.78 is 0. The third-order valence-electron chi connectivity index (χ3n) is 3.31. The van der Waals surface area contributed by atoms with Gasteiger partial charge in [0.1, 0.15) is 0 Å². The first-order valence-corrected chi connectivity index (χ1v) is 5.78. The van der Waals surface area contributed by atoms with Gasteiger partial charge in [-0.3, -0.25) is 4.98 Å². The molecule has 1 atom stereocenters. The van der Waals surface area contributed by atoms with Crippen LogP contribution in [0, 0.1) is 5.41 Å². The number of nitrogens with zero attached hydrogens (tertiary/aromatic N) is 1. The van der Waals surface area contributed by atoms with Crippen molar-refractivity contribution >= 4 is 0 Å². The average molecular weight is 204 g/mol. The number of pyridine rings is 1. The Morgan fingerprint density at radius 2 is 2.13 bits per heavy atom. The summed E-state index contributed by atoms with van der Waals surface area (Å²) in [6.45, 7) is 5.70. The van der Waals surface area contributed by atoms with Crippen LogP contribution in [-0.2, 0) is 6.54 Å². The van der Waals surface area contributed by atoms with Gasteiger partial charge in [0.05, 0.1) is 0 Å². The van der Waals surface area contributed by atoms with Gasteiger partial charge in [0.25, 0.3) is 0 Å². The molecule has 1 aromatic heterocycles. The zero-order valence-corrected chi connectivity index (χ0v) is 9.66. The number of rotatable bonds is 3. The molecule has 0 amide bonds. The van der Waals surface area contributed by atoms with Crippen molar-refractivity contribution in [1.29, 1.82) is 0 Å². The molecule has 0 bridgehead atoms. The summed E-state index contributed by atoms with van der Waals surface area (Å²) in [5, 5.41) is 3.63. The topological polar surface area (TPSA) is 24.9 Å². The molecule has 1 saturated carbocycles. The molecule has 1 fully saturated rings. The van der Waals surface area contributed by atoms with Crippen LogP contribution in [0.2, 0.25) is 0 Å². The molecule has 1 unspecified atom stereocenters. The lowest BCUT2D eigenvalue weighted by Crippen LogP contribution is -2.26. The van der Waals surface area contributed by atoms with Crippen LogP contribution in [-0.4, -0.2) is 11.0 Å². The van der Waals surface area contributed by atoms with Crippen LogP contribution in [0.5, 0.6) is 0 Å². The first kappa shape index (κ1) is 10.6. The van der Waals surface area contributed by atoms with Crippen molar-refractivity contribution in [2.75, 3.05) is 0 Å². The molecule has 1 N–H and O–H groups in total. The van der Waals surface area contributed by atoms with Crippen molar-refractivity contribution in [3.8, 4) is 0 Å². The Kier molecular flexibility index (Phi) is 3.06. The maximum atomic E-state index is 4.02. The summed E-state index contributed by atoms with van der Waals surface area (Å²) in [6.07, 6.45) is 7.68. The lowest BCUT2D eigenvalue weighted by Gasteiger charge is -2.17. The molecule has 0 aliphatic heterocycles. The Labute approximate surface area is 92.1 Å². The molecule has 2 rings (SSSR count). The number of hydrogen-bond donors (Lipinski definition) is 1. The van der Waals surface area contributed by atoms with Crippen LogP contribution in [0.4, 0.5) is 0 Å². The fraction of sp³-hybridized carbons (Fsp3) is 0.615. The monoisotopic (exact) mass is 204 g/mol. The fourth-order valence-corrected chi connectivity index (χ4v) is 2.37. The molecule has 1 aliphatic carbocycles. The second-order valence-corrected chi connectivity index (χ2v) is 5.34. The van der Waals surface area contributed by atoms with Crippen molar-refractivity contribution in [3.05, 3.63) is 30.1 Å². The predicted octanol–water partition coefficient (Wildman–Crippen LogP) is 2.75. The third-order valence-corrected chi connectivity index (χ3v) is 3.31. The van der Waals surface area contributed by atoms with Gasteiger partial charge in [-0.1, -0.05) is 13.8 Å². The maximum Gasteiger partial charge on any atom is 0.0271 e. The number of aromatic nitrogens is 1. The molecule has 0 spiro atoms. The van der Waals surface area contributed by atoms with Gasteiger partial charge in [0, 0.05) is 25.0 Å². The van der Waals surface area contributed by atoms with Gasteiger partial charge in [-0.05, 0) is 42.4 Å². The average Bonchev–Trinajstić information content (AvgIpc) is 2.57. The van der Waals surface area contributed by atoms with Crippen LogP contribution in [0.1, 0.15) is 38.7 Å². The summed E-state index contributed by atoms with van der Waals surface area (Å²) in [4.78, 5) is 4.02. The highest BCUT2D eigenvalue weighted by Crippen LogP contribution is 2.36. The fourth-order valence-electron chi connectivity index (χ4n) is 2.37. The van der Waals surface area contributed by atoms with Crippen molar-refractivity contribution < 1.29 is 0 Å². The Morgan fingerprint density at radius 3 is 2.73 bits per heavy atom.